The number of hydrogen-bond acceptors (Lipinski definition) is 4. The van der Waals surface area contributed by atoms with E-state index in [0.717, 1.165) is 12.1 Å². The molecule has 2 aromatic rings. The van der Waals surface area contributed by atoms with E-state index in [2.05, 4.69) is 9.72 Å². The zero-order chi connectivity index (χ0) is 18.8. The number of nitrogens with one attached hydrogen (secondary N) is 1. The first kappa shape index (κ1) is 18.6. The molecule has 8 heteroatoms. The summed E-state index contributed by atoms with van der Waals surface area (Å²) >= 11 is 0. The lowest BCUT2D eigenvalue weighted by Crippen LogP contribution is -2.09. The molecule has 0 aliphatic rings. The highest BCUT2D eigenvalue weighted by Gasteiger charge is 2.30. The molecular formula is C17H16F3NO4. The molecule has 0 aliphatic heterocycles. The van der Waals surface area contributed by atoms with Crippen LogP contribution in [0.4, 0.5) is 13.2 Å². The number of aromatic nitrogens is 1. The van der Waals surface area contributed by atoms with Gasteiger partial charge in [0.25, 0.3) is 0 Å². The van der Waals surface area contributed by atoms with Crippen LogP contribution in [0.25, 0.3) is 0 Å². The molecule has 0 unspecified atom stereocenters. The van der Waals surface area contributed by atoms with Crippen molar-refractivity contribution in [2.75, 3.05) is 7.11 Å². The Labute approximate surface area is 141 Å². The molecule has 0 atom stereocenters. The number of benzene rings is 1. The molecule has 5 nitrogen and oxygen atoms in total. The first-order valence-electron chi connectivity index (χ1n) is 7.26. The van der Waals surface area contributed by atoms with Crippen LogP contribution < -0.4 is 0 Å². The third kappa shape index (κ3) is 4.01. The van der Waals surface area contributed by atoms with Gasteiger partial charge in [0, 0.05) is 5.69 Å². The second-order valence-electron chi connectivity index (χ2n) is 5.39. The Bertz CT molecular complexity index is 809. The molecule has 0 aliphatic carbocycles. The van der Waals surface area contributed by atoms with Crippen molar-refractivity contribution in [1.82, 2.24) is 4.98 Å². The fourth-order valence-electron chi connectivity index (χ4n) is 2.42. The van der Waals surface area contributed by atoms with Gasteiger partial charge in [-0.05, 0) is 37.1 Å². The first-order valence-corrected chi connectivity index (χ1v) is 7.26. The van der Waals surface area contributed by atoms with Gasteiger partial charge < -0.3 is 14.5 Å². The third-order valence-corrected chi connectivity index (χ3v) is 3.66. The monoisotopic (exact) mass is 355 g/mol. The van der Waals surface area contributed by atoms with Crippen LogP contribution in [0, 0.1) is 13.8 Å². The summed E-state index contributed by atoms with van der Waals surface area (Å²) in [5.41, 5.74) is 0.477. The quantitative estimate of drug-likeness (QED) is 0.847. The predicted molar refractivity (Wildman–Crippen MR) is 82.2 cm³/mol. The average Bonchev–Trinajstić information content (AvgIpc) is 2.86. The number of halogens is 3. The lowest BCUT2D eigenvalue weighted by atomic mass is 10.1. The van der Waals surface area contributed by atoms with Crippen molar-refractivity contribution in [3.05, 3.63) is 57.9 Å². The normalized spacial score (nSPS) is 11.3. The minimum Gasteiger partial charge on any atom is -0.465 e. The molecule has 1 aromatic heterocycles. The smallest absolute Gasteiger partial charge is 0.416 e. The summed E-state index contributed by atoms with van der Waals surface area (Å²) in [4.78, 5) is 26.6. The molecule has 0 fully saturated rings. The molecule has 0 spiro atoms. The number of hydrogen-bond donors (Lipinski definition) is 1. The number of aromatic amines is 1. The van der Waals surface area contributed by atoms with Crippen LogP contribution in [0.5, 0.6) is 0 Å². The molecule has 1 heterocycles. The van der Waals surface area contributed by atoms with Crippen molar-refractivity contribution in [1.29, 1.82) is 0 Å². The van der Waals surface area contributed by atoms with Crippen molar-refractivity contribution in [2.45, 2.75) is 26.6 Å². The van der Waals surface area contributed by atoms with E-state index in [-0.39, 0.29) is 23.4 Å². The van der Waals surface area contributed by atoms with E-state index in [0.29, 0.717) is 11.3 Å². The van der Waals surface area contributed by atoms with Crippen molar-refractivity contribution < 1.29 is 32.2 Å². The molecule has 0 radical (unpaired) electrons. The van der Waals surface area contributed by atoms with Crippen molar-refractivity contribution in [2.24, 2.45) is 0 Å². The maximum absolute atomic E-state index is 12.7. The predicted octanol–water partition coefficient (Wildman–Crippen LogP) is 3.79. The van der Waals surface area contributed by atoms with E-state index in [1.165, 1.54) is 19.2 Å². The minimum absolute atomic E-state index is 0.0601. The van der Waals surface area contributed by atoms with Crippen LogP contribution in [0.1, 0.15) is 43.2 Å². The number of carbonyl (C=O) groups excluding carboxylic acids is 2. The Morgan fingerprint density at radius 2 is 1.84 bits per heavy atom. The zero-order valence-corrected chi connectivity index (χ0v) is 13.8. The zero-order valence-electron chi connectivity index (χ0n) is 13.8. The Hall–Kier alpha value is -2.77. The summed E-state index contributed by atoms with van der Waals surface area (Å²) in [7, 11) is 1.22. The SMILES string of the molecule is COC(=O)c1c(C)[nH]c(C(=O)OCc2cccc(C(F)(F)F)c2)c1C. The van der Waals surface area contributed by atoms with Crippen LogP contribution in [0.15, 0.2) is 24.3 Å². The van der Waals surface area contributed by atoms with E-state index in [4.69, 9.17) is 4.74 Å². The van der Waals surface area contributed by atoms with Crippen LogP contribution in [-0.2, 0) is 22.3 Å². The van der Waals surface area contributed by atoms with Gasteiger partial charge in [0.1, 0.15) is 12.3 Å². The Balaban J connectivity index is 2.15. The van der Waals surface area contributed by atoms with E-state index < -0.39 is 23.7 Å². The molecule has 2 rings (SSSR count). The Morgan fingerprint density at radius 1 is 1.16 bits per heavy atom. The van der Waals surface area contributed by atoms with Gasteiger partial charge in [-0.25, -0.2) is 9.59 Å². The number of aryl methyl sites for hydroxylation is 1. The Kier molecular flexibility index (Phi) is 5.20. The van der Waals surface area contributed by atoms with Crippen molar-refractivity contribution in [3.63, 3.8) is 0 Å². The molecule has 0 saturated heterocycles. The summed E-state index contributed by atoms with van der Waals surface area (Å²) in [5, 5.41) is 0. The Morgan fingerprint density at radius 3 is 2.44 bits per heavy atom. The number of methoxy groups -OCH3 is 1. The van der Waals surface area contributed by atoms with Crippen LogP contribution in [-0.4, -0.2) is 24.0 Å². The molecule has 0 saturated carbocycles. The standard InChI is InChI=1S/C17H16F3NO4/c1-9-13(15(22)24-3)10(2)21-14(9)16(23)25-8-11-5-4-6-12(7-11)17(18,19)20/h4-7,21H,8H2,1-3H3. The number of H-pyrrole nitrogens is 1. The molecule has 1 aromatic carbocycles. The maximum Gasteiger partial charge on any atom is 0.416 e. The fourth-order valence-corrected chi connectivity index (χ4v) is 2.42. The van der Waals surface area contributed by atoms with Gasteiger partial charge >= 0.3 is 18.1 Å². The molecule has 25 heavy (non-hydrogen) atoms. The van der Waals surface area contributed by atoms with E-state index in [1.807, 2.05) is 0 Å². The third-order valence-electron chi connectivity index (χ3n) is 3.66. The van der Waals surface area contributed by atoms with E-state index in [9.17, 15) is 22.8 Å². The highest BCUT2D eigenvalue weighted by atomic mass is 19.4. The highest BCUT2D eigenvalue weighted by molar-refractivity contribution is 5.98. The molecule has 1 N–H and O–H groups in total. The second-order valence-corrected chi connectivity index (χ2v) is 5.39. The second kappa shape index (κ2) is 7.00. The van der Waals surface area contributed by atoms with Gasteiger partial charge in [-0.2, -0.15) is 13.2 Å². The number of alkyl halides is 3. The van der Waals surface area contributed by atoms with Gasteiger partial charge in [-0.15, -0.1) is 0 Å². The van der Waals surface area contributed by atoms with Gasteiger partial charge in [-0.3, -0.25) is 0 Å². The summed E-state index contributed by atoms with van der Waals surface area (Å²) in [6.45, 7) is 2.83. The topological polar surface area (TPSA) is 68.4 Å². The van der Waals surface area contributed by atoms with E-state index >= 15 is 0 Å². The molecule has 0 amide bonds. The van der Waals surface area contributed by atoms with Crippen LogP contribution >= 0.6 is 0 Å². The fraction of sp³-hybridized carbons (Fsp3) is 0.294. The maximum atomic E-state index is 12.7. The summed E-state index contributed by atoms with van der Waals surface area (Å²) in [6.07, 6.45) is -4.47. The minimum atomic E-state index is -4.47. The van der Waals surface area contributed by atoms with Gasteiger partial charge in [0.2, 0.25) is 0 Å². The van der Waals surface area contributed by atoms with Gasteiger partial charge in [0.05, 0.1) is 18.2 Å². The molecule has 134 valence electrons. The lowest BCUT2D eigenvalue weighted by Gasteiger charge is -2.09. The van der Waals surface area contributed by atoms with Crippen molar-refractivity contribution in [3.8, 4) is 0 Å². The largest absolute Gasteiger partial charge is 0.465 e. The highest BCUT2D eigenvalue weighted by Crippen LogP contribution is 2.29. The number of rotatable bonds is 4. The lowest BCUT2D eigenvalue weighted by molar-refractivity contribution is -0.137. The van der Waals surface area contributed by atoms with Crippen molar-refractivity contribution >= 4 is 11.9 Å². The number of ether oxygens (including phenoxy) is 2. The number of esters is 2. The summed E-state index contributed by atoms with van der Waals surface area (Å²) in [5.74, 6) is -1.36. The molecule has 0 bridgehead atoms. The average molecular weight is 355 g/mol. The van der Waals surface area contributed by atoms with Crippen LogP contribution in [0.2, 0.25) is 0 Å². The summed E-state index contributed by atoms with van der Waals surface area (Å²) in [6, 6.07) is 4.52. The first-order chi connectivity index (χ1) is 11.6. The number of carbonyl (C=O) groups is 2. The van der Waals surface area contributed by atoms with Gasteiger partial charge in [-0.1, -0.05) is 12.1 Å². The summed E-state index contributed by atoms with van der Waals surface area (Å²) < 4.78 is 47.8. The van der Waals surface area contributed by atoms with Crippen LogP contribution in [0.3, 0.4) is 0 Å². The molecular weight excluding hydrogens is 339 g/mol. The van der Waals surface area contributed by atoms with Gasteiger partial charge in [0.15, 0.2) is 0 Å². The van der Waals surface area contributed by atoms with E-state index in [1.54, 1.807) is 13.8 Å².